The van der Waals surface area contributed by atoms with Crippen LogP contribution in [-0.4, -0.2) is 22.6 Å². The molecule has 0 aliphatic heterocycles. The van der Waals surface area contributed by atoms with E-state index in [0.717, 1.165) is 0 Å². The molecule has 1 aromatic carbocycles. The standard InChI is InChI=1S/C12H11Br2NO5/c1-2-7(12(16)17)3-4-20-11-9(13)5-8(15(18)19)6-10(11)14/h3,5-6H,2,4H2,1H3,(H,16,17). The highest BCUT2D eigenvalue weighted by atomic mass is 79.9. The third-order valence-electron chi connectivity index (χ3n) is 2.41. The van der Waals surface area contributed by atoms with Crippen LogP contribution >= 0.6 is 31.9 Å². The van der Waals surface area contributed by atoms with Gasteiger partial charge in [-0.3, -0.25) is 10.1 Å². The number of nitro benzene ring substituents is 1. The summed E-state index contributed by atoms with van der Waals surface area (Å²) < 4.78 is 6.26. The second kappa shape index (κ2) is 7.39. The first kappa shape index (κ1) is 16.6. The van der Waals surface area contributed by atoms with Gasteiger partial charge in [-0.15, -0.1) is 0 Å². The van der Waals surface area contributed by atoms with Gasteiger partial charge in [0.25, 0.3) is 5.69 Å². The molecule has 0 bridgehead atoms. The fourth-order valence-electron chi connectivity index (χ4n) is 1.40. The molecule has 0 spiro atoms. The van der Waals surface area contributed by atoms with E-state index in [1.165, 1.54) is 18.2 Å². The van der Waals surface area contributed by atoms with Gasteiger partial charge in [-0.2, -0.15) is 0 Å². The number of hydrogen-bond donors (Lipinski definition) is 1. The van der Waals surface area contributed by atoms with Crippen molar-refractivity contribution in [2.75, 3.05) is 6.61 Å². The SMILES string of the molecule is CCC(=CCOc1c(Br)cc([N+](=O)[O-])cc1Br)C(=O)O. The molecule has 0 atom stereocenters. The number of nitrogens with zero attached hydrogens (tertiary/aromatic N) is 1. The third kappa shape index (κ3) is 4.31. The summed E-state index contributed by atoms with van der Waals surface area (Å²) in [6, 6.07) is 2.64. The van der Waals surface area contributed by atoms with Crippen molar-refractivity contribution in [2.24, 2.45) is 0 Å². The first-order valence-corrected chi connectivity index (χ1v) is 7.14. The number of hydrogen-bond acceptors (Lipinski definition) is 4. The minimum Gasteiger partial charge on any atom is -0.487 e. The van der Waals surface area contributed by atoms with Crippen LogP contribution in [0.4, 0.5) is 5.69 Å². The monoisotopic (exact) mass is 407 g/mol. The number of non-ortho nitro benzene ring substituents is 1. The maximum Gasteiger partial charge on any atom is 0.331 e. The lowest BCUT2D eigenvalue weighted by Crippen LogP contribution is -2.03. The molecule has 0 amide bonds. The van der Waals surface area contributed by atoms with Gasteiger partial charge < -0.3 is 9.84 Å². The minimum atomic E-state index is -0.988. The topological polar surface area (TPSA) is 89.7 Å². The molecule has 20 heavy (non-hydrogen) atoms. The Morgan fingerprint density at radius 1 is 1.45 bits per heavy atom. The summed E-state index contributed by atoms with van der Waals surface area (Å²) in [6.07, 6.45) is 1.85. The summed E-state index contributed by atoms with van der Waals surface area (Å²) >= 11 is 6.37. The Balaban J connectivity index is 2.89. The van der Waals surface area contributed by atoms with Gasteiger partial charge in [-0.05, 0) is 44.4 Å². The largest absolute Gasteiger partial charge is 0.487 e. The number of ether oxygens (including phenoxy) is 1. The number of benzene rings is 1. The summed E-state index contributed by atoms with van der Waals surface area (Å²) in [7, 11) is 0. The summed E-state index contributed by atoms with van der Waals surface area (Å²) in [4.78, 5) is 21.0. The van der Waals surface area contributed by atoms with E-state index in [0.29, 0.717) is 21.1 Å². The van der Waals surface area contributed by atoms with Crippen LogP contribution in [0.25, 0.3) is 0 Å². The number of rotatable bonds is 6. The molecule has 0 unspecified atom stereocenters. The third-order valence-corrected chi connectivity index (χ3v) is 3.58. The van der Waals surface area contributed by atoms with E-state index in [-0.39, 0.29) is 17.9 Å². The first-order chi connectivity index (χ1) is 9.36. The molecule has 8 heteroatoms. The normalized spacial score (nSPS) is 11.2. The number of aliphatic carboxylic acids is 1. The molecule has 0 saturated heterocycles. The summed E-state index contributed by atoms with van der Waals surface area (Å²) in [5, 5.41) is 19.5. The van der Waals surface area contributed by atoms with Gasteiger partial charge in [0, 0.05) is 17.7 Å². The molecule has 0 aliphatic carbocycles. The van der Waals surface area contributed by atoms with Gasteiger partial charge in [0.05, 0.1) is 13.9 Å². The zero-order valence-corrected chi connectivity index (χ0v) is 13.6. The van der Waals surface area contributed by atoms with E-state index in [1.807, 2.05) is 0 Å². The lowest BCUT2D eigenvalue weighted by molar-refractivity contribution is -0.385. The van der Waals surface area contributed by atoms with Crippen molar-refractivity contribution in [3.63, 3.8) is 0 Å². The van der Waals surface area contributed by atoms with Crippen LogP contribution in [-0.2, 0) is 4.79 Å². The van der Waals surface area contributed by atoms with Gasteiger partial charge in [-0.25, -0.2) is 4.79 Å². The molecule has 1 N–H and O–H groups in total. The quantitative estimate of drug-likeness (QED) is 0.437. The number of carboxylic acid groups (broad SMARTS) is 1. The number of nitro groups is 1. The molecule has 0 aromatic heterocycles. The Kier molecular flexibility index (Phi) is 6.15. The molecule has 1 aromatic rings. The van der Waals surface area contributed by atoms with E-state index in [9.17, 15) is 14.9 Å². The Bertz CT molecular complexity index is 548. The van der Waals surface area contributed by atoms with Gasteiger partial charge in [0.15, 0.2) is 0 Å². The maximum atomic E-state index is 10.8. The van der Waals surface area contributed by atoms with Crippen molar-refractivity contribution >= 4 is 43.5 Å². The predicted molar refractivity (Wildman–Crippen MR) is 80.0 cm³/mol. The highest BCUT2D eigenvalue weighted by Crippen LogP contribution is 2.37. The first-order valence-electron chi connectivity index (χ1n) is 5.55. The van der Waals surface area contributed by atoms with Crippen LogP contribution in [0, 0.1) is 10.1 Å². The molecular weight excluding hydrogens is 398 g/mol. The molecule has 108 valence electrons. The van der Waals surface area contributed by atoms with Crippen molar-refractivity contribution in [3.05, 3.63) is 42.8 Å². The average molecular weight is 409 g/mol. The van der Waals surface area contributed by atoms with Crippen LogP contribution in [0.15, 0.2) is 32.7 Å². The smallest absolute Gasteiger partial charge is 0.331 e. The van der Waals surface area contributed by atoms with Crippen LogP contribution in [0.2, 0.25) is 0 Å². The predicted octanol–water partition coefficient (Wildman–Crippen LogP) is 3.92. The van der Waals surface area contributed by atoms with Gasteiger partial charge >= 0.3 is 5.97 Å². The molecule has 6 nitrogen and oxygen atoms in total. The van der Waals surface area contributed by atoms with E-state index >= 15 is 0 Å². The lowest BCUT2D eigenvalue weighted by Gasteiger charge is -2.09. The molecule has 0 fully saturated rings. The van der Waals surface area contributed by atoms with Crippen molar-refractivity contribution < 1.29 is 19.6 Å². The summed E-state index contributed by atoms with van der Waals surface area (Å²) in [5.41, 5.74) is 0.172. The van der Waals surface area contributed by atoms with Gasteiger partial charge in [0.1, 0.15) is 12.4 Å². The second-order valence-corrected chi connectivity index (χ2v) is 5.40. The molecular formula is C12H11Br2NO5. The second-order valence-electron chi connectivity index (χ2n) is 3.69. The maximum absolute atomic E-state index is 10.8. The zero-order valence-electron chi connectivity index (χ0n) is 10.4. The molecule has 0 aliphatic rings. The average Bonchev–Trinajstić information content (AvgIpc) is 2.36. The fraction of sp³-hybridized carbons (Fsp3) is 0.250. The van der Waals surface area contributed by atoms with E-state index in [4.69, 9.17) is 9.84 Å². The molecule has 0 saturated carbocycles. The molecule has 0 radical (unpaired) electrons. The Hall–Kier alpha value is -1.41. The van der Waals surface area contributed by atoms with Crippen LogP contribution in [0.1, 0.15) is 13.3 Å². The van der Waals surface area contributed by atoms with E-state index in [1.54, 1.807) is 6.92 Å². The van der Waals surface area contributed by atoms with Crippen LogP contribution in [0.5, 0.6) is 5.75 Å². The molecule has 0 heterocycles. The summed E-state index contributed by atoms with van der Waals surface area (Å²) in [5.74, 6) is -0.606. The van der Waals surface area contributed by atoms with Crippen LogP contribution < -0.4 is 4.74 Å². The Morgan fingerprint density at radius 3 is 2.40 bits per heavy atom. The number of carboxylic acids is 1. The van der Waals surface area contributed by atoms with Crippen molar-refractivity contribution in [1.82, 2.24) is 0 Å². The highest BCUT2D eigenvalue weighted by molar-refractivity contribution is 9.11. The highest BCUT2D eigenvalue weighted by Gasteiger charge is 2.15. The van der Waals surface area contributed by atoms with Crippen molar-refractivity contribution in [1.29, 1.82) is 0 Å². The van der Waals surface area contributed by atoms with E-state index in [2.05, 4.69) is 31.9 Å². The number of halogens is 2. The Morgan fingerprint density at radius 2 is 2.00 bits per heavy atom. The Labute approximate surface area is 131 Å². The number of carbonyl (C=O) groups is 1. The summed E-state index contributed by atoms with van der Waals surface area (Å²) in [6.45, 7) is 1.79. The van der Waals surface area contributed by atoms with Gasteiger partial charge in [0.2, 0.25) is 0 Å². The van der Waals surface area contributed by atoms with Crippen molar-refractivity contribution in [2.45, 2.75) is 13.3 Å². The minimum absolute atomic E-state index is 0.0600. The van der Waals surface area contributed by atoms with Crippen LogP contribution in [0.3, 0.4) is 0 Å². The fourth-order valence-corrected chi connectivity index (χ4v) is 2.79. The zero-order chi connectivity index (χ0) is 15.3. The lowest BCUT2D eigenvalue weighted by atomic mass is 10.2. The van der Waals surface area contributed by atoms with E-state index < -0.39 is 10.9 Å². The molecule has 1 rings (SSSR count). The van der Waals surface area contributed by atoms with Crippen molar-refractivity contribution in [3.8, 4) is 5.75 Å². The van der Waals surface area contributed by atoms with Gasteiger partial charge in [-0.1, -0.05) is 6.92 Å².